The van der Waals surface area contributed by atoms with Gasteiger partial charge in [-0.3, -0.25) is 9.59 Å². The van der Waals surface area contributed by atoms with Crippen LogP contribution in [0.5, 0.6) is 5.75 Å². The van der Waals surface area contributed by atoms with Gasteiger partial charge >= 0.3 is 0 Å². The van der Waals surface area contributed by atoms with Gasteiger partial charge in [0.1, 0.15) is 17.8 Å². The van der Waals surface area contributed by atoms with Gasteiger partial charge in [0.05, 0.1) is 18.9 Å². The number of hydrogen-bond acceptors (Lipinski definition) is 7. The normalized spacial score (nSPS) is 17.0. The molecule has 0 spiro atoms. The summed E-state index contributed by atoms with van der Waals surface area (Å²) in [5.74, 6) is 0.916. The molecule has 1 aromatic carbocycles. The van der Waals surface area contributed by atoms with Crippen molar-refractivity contribution in [3.63, 3.8) is 0 Å². The smallest absolute Gasteiger partial charge is 0.287 e. The molecule has 0 aliphatic carbocycles. The van der Waals surface area contributed by atoms with Gasteiger partial charge in [0.15, 0.2) is 5.76 Å². The lowest BCUT2D eigenvalue weighted by Crippen LogP contribution is -2.46. The summed E-state index contributed by atoms with van der Waals surface area (Å²) in [6.45, 7) is 2.20. The van der Waals surface area contributed by atoms with Crippen LogP contribution in [0, 0.1) is 0 Å². The number of nitrogens with one attached hydrogen (secondary N) is 1. The Bertz CT molecular complexity index is 1030. The third kappa shape index (κ3) is 3.78. The number of ether oxygens (including phenoxy) is 1. The van der Waals surface area contributed by atoms with E-state index in [0.29, 0.717) is 36.0 Å². The Labute approximate surface area is 173 Å². The molecule has 1 N–H and O–H groups in total. The zero-order valence-electron chi connectivity index (χ0n) is 16.7. The molecule has 0 saturated carbocycles. The Balaban J connectivity index is 1.49. The minimum Gasteiger partial charge on any atom is -0.496 e. The molecule has 4 rings (SSSR count). The van der Waals surface area contributed by atoms with Crippen molar-refractivity contribution >= 4 is 11.8 Å². The molecule has 0 radical (unpaired) electrons. The molecular formula is C21H22N4O5. The van der Waals surface area contributed by atoms with Gasteiger partial charge in [0, 0.05) is 6.54 Å². The van der Waals surface area contributed by atoms with Crippen LogP contribution in [0.1, 0.15) is 42.3 Å². The van der Waals surface area contributed by atoms with Crippen molar-refractivity contribution in [2.24, 2.45) is 0 Å². The van der Waals surface area contributed by atoms with Gasteiger partial charge < -0.3 is 23.9 Å². The Kier molecular flexibility index (Phi) is 5.51. The average Bonchev–Trinajstić information content (AvgIpc) is 3.53. The zero-order chi connectivity index (χ0) is 21.1. The first kappa shape index (κ1) is 19.7. The van der Waals surface area contributed by atoms with E-state index in [1.165, 1.54) is 6.26 Å². The van der Waals surface area contributed by atoms with Crippen LogP contribution in [0.2, 0.25) is 0 Å². The highest BCUT2D eigenvalue weighted by atomic mass is 16.5. The fourth-order valence-electron chi connectivity index (χ4n) is 3.58. The van der Waals surface area contributed by atoms with Gasteiger partial charge in [-0.2, -0.15) is 4.98 Å². The van der Waals surface area contributed by atoms with Crippen LogP contribution in [0.25, 0.3) is 11.4 Å². The highest BCUT2D eigenvalue weighted by Crippen LogP contribution is 2.34. The molecule has 1 aliphatic heterocycles. The van der Waals surface area contributed by atoms with Gasteiger partial charge in [-0.1, -0.05) is 17.3 Å². The second-order valence-electron chi connectivity index (χ2n) is 7.02. The van der Waals surface area contributed by atoms with Gasteiger partial charge in [0.2, 0.25) is 17.6 Å². The quantitative estimate of drug-likeness (QED) is 0.665. The molecule has 2 atom stereocenters. The van der Waals surface area contributed by atoms with E-state index in [1.54, 1.807) is 31.1 Å². The lowest BCUT2D eigenvalue weighted by Gasteiger charge is -2.25. The number of carbonyl (C=O) groups is 2. The average molecular weight is 410 g/mol. The van der Waals surface area contributed by atoms with Gasteiger partial charge in [0.25, 0.3) is 5.91 Å². The van der Waals surface area contributed by atoms with Crippen molar-refractivity contribution in [3.05, 3.63) is 54.3 Å². The molecule has 0 unspecified atom stereocenters. The SMILES string of the molecule is COc1ccccc1-c1noc([C@H]2CCCN2C(=O)[C@@H](C)NC(=O)c2ccco2)n1. The Morgan fingerprint density at radius 2 is 2.10 bits per heavy atom. The van der Waals surface area contributed by atoms with Crippen LogP contribution in [-0.4, -0.2) is 46.6 Å². The summed E-state index contributed by atoms with van der Waals surface area (Å²) < 4.78 is 15.9. The number of furan rings is 1. The van der Waals surface area contributed by atoms with Crippen molar-refractivity contribution in [3.8, 4) is 17.1 Å². The molecule has 0 bridgehead atoms. The first-order valence-electron chi connectivity index (χ1n) is 9.70. The fourth-order valence-corrected chi connectivity index (χ4v) is 3.58. The summed E-state index contributed by atoms with van der Waals surface area (Å²) >= 11 is 0. The molecule has 9 heteroatoms. The number of benzene rings is 1. The standard InChI is InChI=1S/C21H22N4O5/c1-13(22-19(26)17-10-6-12-29-17)21(27)25-11-5-8-15(25)20-23-18(24-30-20)14-7-3-4-9-16(14)28-2/h3-4,6-7,9-10,12-13,15H,5,8,11H2,1-2H3,(H,22,26)/t13-,15-/m1/s1. The second-order valence-corrected chi connectivity index (χ2v) is 7.02. The molecule has 3 heterocycles. The third-order valence-corrected chi connectivity index (χ3v) is 5.07. The minimum absolute atomic E-state index is 0.158. The molecular weight excluding hydrogens is 388 g/mol. The predicted molar refractivity (Wildman–Crippen MR) is 106 cm³/mol. The number of hydrogen-bond donors (Lipinski definition) is 1. The number of carbonyl (C=O) groups excluding carboxylic acids is 2. The lowest BCUT2D eigenvalue weighted by molar-refractivity contribution is -0.134. The molecule has 2 amide bonds. The fraction of sp³-hybridized carbons (Fsp3) is 0.333. The Morgan fingerprint density at radius 3 is 2.87 bits per heavy atom. The molecule has 1 saturated heterocycles. The van der Waals surface area contributed by atoms with E-state index in [-0.39, 0.29) is 17.7 Å². The predicted octanol–water partition coefficient (Wildman–Crippen LogP) is 2.82. The van der Waals surface area contributed by atoms with E-state index in [4.69, 9.17) is 13.7 Å². The van der Waals surface area contributed by atoms with Crippen molar-refractivity contribution in [2.45, 2.75) is 31.8 Å². The van der Waals surface area contributed by atoms with Crippen molar-refractivity contribution in [2.75, 3.05) is 13.7 Å². The first-order valence-corrected chi connectivity index (χ1v) is 9.70. The lowest BCUT2D eigenvalue weighted by atomic mass is 10.2. The van der Waals surface area contributed by atoms with Crippen molar-refractivity contribution < 1.29 is 23.3 Å². The molecule has 9 nitrogen and oxygen atoms in total. The van der Waals surface area contributed by atoms with E-state index >= 15 is 0 Å². The number of para-hydroxylation sites is 1. The summed E-state index contributed by atoms with van der Waals surface area (Å²) in [6, 6.07) is 9.49. The number of rotatable bonds is 6. The van der Waals surface area contributed by atoms with Crippen LogP contribution < -0.4 is 10.1 Å². The number of likely N-dealkylation sites (tertiary alicyclic amines) is 1. The maximum Gasteiger partial charge on any atom is 0.287 e. The summed E-state index contributed by atoms with van der Waals surface area (Å²) in [5.41, 5.74) is 0.713. The van der Waals surface area contributed by atoms with Crippen molar-refractivity contribution in [1.82, 2.24) is 20.4 Å². The molecule has 1 fully saturated rings. The highest BCUT2D eigenvalue weighted by Gasteiger charge is 2.36. The minimum atomic E-state index is -0.722. The van der Waals surface area contributed by atoms with Gasteiger partial charge in [-0.05, 0) is 44.0 Å². The second kappa shape index (κ2) is 8.40. The van der Waals surface area contributed by atoms with Crippen LogP contribution in [0.4, 0.5) is 0 Å². The summed E-state index contributed by atoms with van der Waals surface area (Å²) in [7, 11) is 1.58. The number of aromatic nitrogens is 2. The van der Waals surface area contributed by atoms with E-state index in [2.05, 4.69) is 15.5 Å². The maximum atomic E-state index is 13.0. The molecule has 2 aromatic heterocycles. The van der Waals surface area contributed by atoms with E-state index in [1.807, 2.05) is 24.3 Å². The van der Waals surface area contributed by atoms with Crippen LogP contribution in [0.3, 0.4) is 0 Å². The topological polar surface area (TPSA) is 111 Å². The molecule has 1 aliphatic rings. The van der Waals surface area contributed by atoms with Crippen LogP contribution >= 0.6 is 0 Å². The van der Waals surface area contributed by atoms with E-state index < -0.39 is 11.9 Å². The van der Waals surface area contributed by atoms with Crippen LogP contribution in [0.15, 0.2) is 51.6 Å². The number of amides is 2. The Morgan fingerprint density at radius 1 is 1.27 bits per heavy atom. The summed E-state index contributed by atoms with van der Waals surface area (Å²) in [6.07, 6.45) is 2.92. The first-order chi connectivity index (χ1) is 14.6. The zero-order valence-corrected chi connectivity index (χ0v) is 16.7. The number of nitrogens with zero attached hydrogens (tertiary/aromatic N) is 3. The Hall–Kier alpha value is -3.62. The van der Waals surface area contributed by atoms with Gasteiger partial charge in [-0.15, -0.1) is 0 Å². The van der Waals surface area contributed by atoms with E-state index in [0.717, 1.165) is 6.42 Å². The molecule has 30 heavy (non-hydrogen) atoms. The summed E-state index contributed by atoms with van der Waals surface area (Å²) in [5, 5.41) is 6.74. The van der Waals surface area contributed by atoms with Gasteiger partial charge in [-0.25, -0.2) is 0 Å². The van der Waals surface area contributed by atoms with E-state index in [9.17, 15) is 9.59 Å². The third-order valence-electron chi connectivity index (χ3n) is 5.07. The summed E-state index contributed by atoms with van der Waals surface area (Å²) in [4.78, 5) is 31.3. The molecule has 3 aromatic rings. The van der Waals surface area contributed by atoms with Crippen LogP contribution in [-0.2, 0) is 4.79 Å². The maximum absolute atomic E-state index is 13.0. The largest absolute Gasteiger partial charge is 0.496 e. The highest BCUT2D eigenvalue weighted by molar-refractivity contribution is 5.95. The number of methoxy groups -OCH3 is 1. The molecule has 156 valence electrons. The monoisotopic (exact) mass is 410 g/mol. The van der Waals surface area contributed by atoms with Crippen molar-refractivity contribution in [1.29, 1.82) is 0 Å².